The molecule has 10 nitrogen and oxygen atoms in total. The number of hydrogen-bond acceptors (Lipinski definition) is 9. The molecule has 50 heavy (non-hydrogen) atoms. The van der Waals surface area contributed by atoms with E-state index in [1.807, 2.05) is 31.2 Å². The number of carbonyl (C=O) groups excluding carboxylic acids is 1. The molecule has 0 spiro atoms. The fraction of sp³-hybridized carbons (Fsp3) is 0.395. The molecule has 7 rings (SSSR count). The molecular formula is C38H40ClFN8O2. The molecule has 258 valence electrons. The van der Waals surface area contributed by atoms with Gasteiger partial charge in [-0.3, -0.25) is 9.78 Å². The lowest BCUT2D eigenvalue weighted by atomic mass is 10.0. The molecule has 5 heterocycles. The number of pyridine rings is 1. The first-order chi connectivity index (χ1) is 24.3. The molecule has 0 N–H and O–H groups in total. The van der Waals surface area contributed by atoms with E-state index in [1.54, 1.807) is 12.3 Å². The standard InChI is InChI=1S/C38H40ClFN8O2/c1-25-11-12-27(42-21-25)20-32(40)37(49)48-19-18-47(22-28(48)13-15-41)36-30-14-17-46(34-10-4-7-26-6-3-9-31(39)35(26)34)23-33(30)43-38(44-36)50-24-29-8-5-16-45(29)2/h3-4,6-7,9-12,20-21,28-29H,5,8,13-14,16-19,22-24H2,1-2H3/b32-20-/t28-,29-/m0/s1. The van der Waals surface area contributed by atoms with Crippen molar-refractivity contribution in [3.05, 3.63) is 88.1 Å². The number of aryl methyl sites for hydroxylation is 1. The van der Waals surface area contributed by atoms with Crippen molar-refractivity contribution < 1.29 is 13.9 Å². The summed E-state index contributed by atoms with van der Waals surface area (Å²) < 4.78 is 21.6. The van der Waals surface area contributed by atoms with Crippen LogP contribution in [0.2, 0.25) is 5.02 Å². The summed E-state index contributed by atoms with van der Waals surface area (Å²) in [5.41, 5.74) is 4.24. The molecule has 0 saturated carbocycles. The van der Waals surface area contributed by atoms with Gasteiger partial charge in [0.05, 0.1) is 41.5 Å². The predicted octanol–water partition coefficient (Wildman–Crippen LogP) is 5.96. The first kappa shape index (κ1) is 33.7. The van der Waals surface area contributed by atoms with Gasteiger partial charge in [-0.05, 0) is 68.9 Å². The van der Waals surface area contributed by atoms with Crippen LogP contribution in [0.1, 0.15) is 41.8 Å². The van der Waals surface area contributed by atoms with Gasteiger partial charge in [0.25, 0.3) is 5.91 Å². The summed E-state index contributed by atoms with van der Waals surface area (Å²) in [7, 11) is 2.11. The minimum Gasteiger partial charge on any atom is -0.462 e. The lowest BCUT2D eigenvalue weighted by Crippen LogP contribution is -2.56. The number of rotatable bonds is 8. The van der Waals surface area contributed by atoms with Gasteiger partial charge in [0.2, 0.25) is 0 Å². The van der Waals surface area contributed by atoms with Crippen LogP contribution in [-0.4, -0.2) is 89.1 Å². The first-order valence-electron chi connectivity index (χ1n) is 17.2. The molecule has 0 aliphatic carbocycles. The Balaban J connectivity index is 1.18. The van der Waals surface area contributed by atoms with Crippen molar-refractivity contribution in [3.8, 4) is 12.1 Å². The van der Waals surface area contributed by atoms with Crippen molar-refractivity contribution in [2.24, 2.45) is 0 Å². The zero-order valence-corrected chi connectivity index (χ0v) is 29.1. The third-order valence-electron chi connectivity index (χ3n) is 10.1. The van der Waals surface area contributed by atoms with Crippen LogP contribution in [0.3, 0.4) is 0 Å². The van der Waals surface area contributed by atoms with E-state index in [9.17, 15) is 10.1 Å². The van der Waals surface area contributed by atoms with Crippen molar-refractivity contribution >= 4 is 45.9 Å². The van der Waals surface area contributed by atoms with Crippen LogP contribution in [0.15, 0.2) is 60.6 Å². The van der Waals surface area contributed by atoms with E-state index in [0.29, 0.717) is 55.4 Å². The third-order valence-corrected chi connectivity index (χ3v) is 10.4. The van der Waals surface area contributed by atoms with Crippen molar-refractivity contribution in [2.45, 2.75) is 51.2 Å². The second-order valence-corrected chi connectivity index (χ2v) is 13.7. The number of amides is 1. The Labute approximate surface area is 296 Å². The Morgan fingerprint density at radius 1 is 1.08 bits per heavy atom. The number of likely N-dealkylation sites (tertiary alicyclic amines) is 1. The highest BCUT2D eigenvalue weighted by Gasteiger charge is 2.35. The van der Waals surface area contributed by atoms with E-state index in [4.69, 9.17) is 26.3 Å². The second kappa shape index (κ2) is 14.6. The van der Waals surface area contributed by atoms with Gasteiger partial charge in [-0.1, -0.05) is 41.9 Å². The summed E-state index contributed by atoms with van der Waals surface area (Å²) in [4.78, 5) is 35.7. The van der Waals surface area contributed by atoms with Crippen LogP contribution in [0, 0.1) is 18.3 Å². The molecule has 3 aliphatic rings. The Kier molecular flexibility index (Phi) is 9.83. The summed E-state index contributed by atoms with van der Waals surface area (Å²) >= 11 is 6.72. The summed E-state index contributed by atoms with van der Waals surface area (Å²) in [5, 5.41) is 12.5. The highest BCUT2D eigenvalue weighted by atomic mass is 35.5. The molecule has 2 atom stereocenters. The number of ether oxygens (including phenoxy) is 1. The molecule has 12 heteroatoms. The molecule has 1 amide bonds. The van der Waals surface area contributed by atoms with Crippen LogP contribution < -0.4 is 14.5 Å². The molecule has 2 aromatic heterocycles. The maximum absolute atomic E-state index is 15.3. The largest absolute Gasteiger partial charge is 0.462 e. The summed E-state index contributed by atoms with van der Waals surface area (Å²) in [6.07, 6.45) is 5.70. The average Bonchev–Trinajstić information content (AvgIpc) is 3.55. The lowest BCUT2D eigenvalue weighted by molar-refractivity contribution is -0.131. The van der Waals surface area contributed by atoms with Crippen molar-refractivity contribution in [2.75, 3.05) is 56.2 Å². The fourth-order valence-electron chi connectivity index (χ4n) is 7.31. The molecule has 0 bridgehead atoms. The number of piperazine rings is 1. The summed E-state index contributed by atoms with van der Waals surface area (Å²) in [5.74, 6) is -0.903. The van der Waals surface area contributed by atoms with Gasteiger partial charge in [-0.2, -0.15) is 15.2 Å². The number of anilines is 2. The van der Waals surface area contributed by atoms with E-state index < -0.39 is 17.8 Å². The quantitative estimate of drug-likeness (QED) is 0.207. The van der Waals surface area contributed by atoms with Gasteiger partial charge >= 0.3 is 6.01 Å². The second-order valence-electron chi connectivity index (χ2n) is 13.3. The summed E-state index contributed by atoms with van der Waals surface area (Å²) in [6.45, 7) is 5.65. The Bertz CT molecular complexity index is 1960. The van der Waals surface area contributed by atoms with E-state index in [1.165, 1.54) is 4.90 Å². The third kappa shape index (κ3) is 6.96. The number of benzene rings is 2. The number of halogens is 2. The number of likely N-dealkylation sites (N-methyl/N-ethyl adjacent to an activating group) is 1. The van der Waals surface area contributed by atoms with Gasteiger partial charge in [0.1, 0.15) is 12.4 Å². The molecule has 3 aliphatic heterocycles. The normalized spacial score (nSPS) is 19.8. The molecule has 2 aromatic carbocycles. The van der Waals surface area contributed by atoms with Crippen molar-refractivity contribution in [3.63, 3.8) is 0 Å². The van der Waals surface area contributed by atoms with Crippen molar-refractivity contribution in [1.29, 1.82) is 5.26 Å². The molecule has 2 fully saturated rings. The fourth-order valence-corrected chi connectivity index (χ4v) is 7.59. The van der Waals surface area contributed by atoms with Crippen LogP contribution in [-0.2, 0) is 17.8 Å². The number of nitriles is 1. The molecule has 0 unspecified atom stereocenters. The topological polar surface area (TPSA) is 102 Å². The van der Waals surface area contributed by atoms with E-state index in [0.717, 1.165) is 71.1 Å². The zero-order valence-electron chi connectivity index (χ0n) is 28.4. The van der Waals surface area contributed by atoms with Crippen LogP contribution in [0.25, 0.3) is 16.8 Å². The molecule has 2 saturated heterocycles. The van der Waals surface area contributed by atoms with E-state index in [2.05, 4.69) is 51.0 Å². The molecule has 4 aromatic rings. The SMILES string of the molecule is Cc1ccc(/C=C(\F)C(=O)N2CCN(c3nc(OC[C@@H]4CCCN4C)nc4c3CCN(c3cccc5cccc(Cl)c35)C4)C[C@@H]2CC#N)nc1. The first-order valence-corrected chi connectivity index (χ1v) is 17.5. The maximum atomic E-state index is 15.3. The number of nitrogens with zero attached hydrogens (tertiary/aromatic N) is 8. The van der Waals surface area contributed by atoms with E-state index in [-0.39, 0.29) is 13.0 Å². The Hall–Kier alpha value is -4.79. The minimum absolute atomic E-state index is 0.0541. The van der Waals surface area contributed by atoms with Gasteiger partial charge in [-0.25, -0.2) is 4.39 Å². The monoisotopic (exact) mass is 694 g/mol. The Morgan fingerprint density at radius 3 is 2.68 bits per heavy atom. The number of hydrogen-bond donors (Lipinski definition) is 0. The number of carbonyl (C=O) groups is 1. The smallest absolute Gasteiger partial charge is 0.318 e. The lowest BCUT2D eigenvalue weighted by Gasteiger charge is -2.42. The van der Waals surface area contributed by atoms with Crippen LogP contribution in [0.4, 0.5) is 15.9 Å². The average molecular weight is 695 g/mol. The molecular weight excluding hydrogens is 655 g/mol. The van der Waals surface area contributed by atoms with Crippen LogP contribution >= 0.6 is 11.6 Å². The number of fused-ring (bicyclic) bond motifs is 2. The highest BCUT2D eigenvalue weighted by Crippen LogP contribution is 2.37. The Morgan fingerprint density at radius 2 is 1.92 bits per heavy atom. The predicted molar refractivity (Wildman–Crippen MR) is 193 cm³/mol. The van der Waals surface area contributed by atoms with Crippen molar-refractivity contribution in [1.82, 2.24) is 24.8 Å². The van der Waals surface area contributed by atoms with Gasteiger partial charge in [-0.15, -0.1) is 0 Å². The maximum Gasteiger partial charge on any atom is 0.318 e. The minimum atomic E-state index is -0.904. The van der Waals surface area contributed by atoms with E-state index >= 15 is 4.39 Å². The summed E-state index contributed by atoms with van der Waals surface area (Å²) in [6, 6.07) is 17.9. The number of aromatic nitrogens is 3. The van der Waals surface area contributed by atoms with Gasteiger partial charge < -0.3 is 24.3 Å². The zero-order chi connectivity index (χ0) is 34.8. The molecule has 0 radical (unpaired) electrons. The van der Waals surface area contributed by atoms with Gasteiger partial charge in [0, 0.05) is 61.1 Å². The van der Waals surface area contributed by atoms with Crippen LogP contribution in [0.5, 0.6) is 6.01 Å². The van der Waals surface area contributed by atoms with Gasteiger partial charge in [0.15, 0.2) is 5.83 Å². The highest BCUT2D eigenvalue weighted by molar-refractivity contribution is 6.36.